The summed E-state index contributed by atoms with van der Waals surface area (Å²) >= 11 is 0. The first-order valence-corrected chi connectivity index (χ1v) is 11.1. The molecule has 0 spiro atoms. The van der Waals surface area contributed by atoms with E-state index in [1.807, 2.05) is 29.4 Å². The molecule has 166 valence electrons. The third-order valence-electron chi connectivity index (χ3n) is 6.73. The zero-order chi connectivity index (χ0) is 22.1. The first-order valence-electron chi connectivity index (χ1n) is 11.1. The highest BCUT2D eigenvalue weighted by molar-refractivity contribution is 5.94. The number of piperidine rings is 1. The Bertz CT molecular complexity index is 1110. The fraction of sp³-hybridized carbons (Fsp3) is 0.417. The van der Waals surface area contributed by atoms with Gasteiger partial charge in [-0.15, -0.1) is 0 Å². The Labute approximate surface area is 186 Å². The minimum Gasteiger partial charge on any atom is -0.388 e. The molecule has 2 saturated heterocycles. The molecule has 2 N–H and O–H groups in total. The molecule has 3 aromatic heterocycles. The van der Waals surface area contributed by atoms with Crippen LogP contribution in [0.2, 0.25) is 0 Å². The summed E-state index contributed by atoms with van der Waals surface area (Å²) in [5.41, 5.74) is 0.644. The Hall–Kier alpha value is -3.26. The van der Waals surface area contributed by atoms with Crippen molar-refractivity contribution in [2.24, 2.45) is 0 Å². The molecule has 2 bridgehead atoms. The smallest absolute Gasteiger partial charge is 0.252 e. The van der Waals surface area contributed by atoms with E-state index in [1.54, 1.807) is 24.5 Å². The van der Waals surface area contributed by atoms with Crippen molar-refractivity contribution in [1.29, 1.82) is 0 Å². The first-order chi connectivity index (χ1) is 15.5. The van der Waals surface area contributed by atoms with E-state index < -0.39 is 5.60 Å². The zero-order valence-electron chi connectivity index (χ0n) is 17.9. The van der Waals surface area contributed by atoms with Crippen LogP contribution in [0.1, 0.15) is 42.5 Å². The first kappa shape index (κ1) is 20.6. The molecule has 3 aromatic rings. The molecule has 5 rings (SSSR count). The van der Waals surface area contributed by atoms with Crippen molar-refractivity contribution in [1.82, 2.24) is 24.8 Å². The van der Waals surface area contributed by atoms with Crippen LogP contribution in [0.4, 0.5) is 0 Å². The van der Waals surface area contributed by atoms with E-state index in [0.717, 1.165) is 23.7 Å². The van der Waals surface area contributed by atoms with Crippen LogP contribution >= 0.6 is 0 Å². The lowest BCUT2D eigenvalue weighted by molar-refractivity contribution is -0.141. The maximum absolute atomic E-state index is 12.9. The Morgan fingerprint density at radius 3 is 2.62 bits per heavy atom. The molecule has 2 fully saturated rings. The number of hydrogen-bond donors (Lipinski definition) is 2. The number of carbonyl (C=O) groups excluding carboxylic acids is 2. The second-order valence-corrected chi connectivity index (χ2v) is 8.94. The molecule has 0 aromatic carbocycles. The maximum Gasteiger partial charge on any atom is 0.252 e. The molecule has 8 heteroatoms. The van der Waals surface area contributed by atoms with Crippen LogP contribution < -0.4 is 5.32 Å². The number of pyridine rings is 2. The molecule has 2 aliphatic rings. The molecule has 0 radical (unpaired) electrons. The summed E-state index contributed by atoms with van der Waals surface area (Å²) in [5.74, 6) is -0.183. The fourth-order valence-electron chi connectivity index (χ4n) is 5.35. The Kier molecular flexibility index (Phi) is 5.38. The van der Waals surface area contributed by atoms with Crippen molar-refractivity contribution in [2.45, 2.75) is 56.3 Å². The van der Waals surface area contributed by atoms with Crippen molar-refractivity contribution in [3.05, 3.63) is 60.8 Å². The van der Waals surface area contributed by atoms with Gasteiger partial charge in [-0.2, -0.15) is 0 Å². The average molecular weight is 434 g/mol. The lowest BCUT2D eigenvalue weighted by atomic mass is 9.85. The number of amides is 2. The number of fused-ring (bicyclic) bond motifs is 3. The second-order valence-electron chi connectivity index (χ2n) is 8.94. The Morgan fingerprint density at radius 2 is 1.88 bits per heavy atom. The Morgan fingerprint density at radius 1 is 1.09 bits per heavy atom. The zero-order valence-corrected chi connectivity index (χ0v) is 17.9. The van der Waals surface area contributed by atoms with Gasteiger partial charge in [0.25, 0.3) is 5.91 Å². The molecular weight excluding hydrogens is 406 g/mol. The predicted molar refractivity (Wildman–Crippen MR) is 119 cm³/mol. The molecule has 2 aliphatic heterocycles. The van der Waals surface area contributed by atoms with E-state index in [1.165, 1.54) is 6.20 Å². The molecule has 8 nitrogen and oxygen atoms in total. The Balaban J connectivity index is 1.19. The van der Waals surface area contributed by atoms with E-state index in [2.05, 4.69) is 19.9 Å². The number of hydrogen-bond acceptors (Lipinski definition) is 5. The lowest BCUT2D eigenvalue weighted by Crippen LogP contribution is -2.54. The van der Waals surface area contributed by atoms with Gasteiger partial charge in [-0.3, -0.25) is 19.6 Å². The molecule has 5 heterocycles. The quantitative estimate of drug-likeness (QED) is 0.620. The number of aliphatic hydroxyl groups is 1. The summed E-state index contributed by atoms with van der Waals surface area (Å²) in [7, 11) is 0. The van der Waals surface area contributed by atoms with Crippen molar-refractivity contribution >= 4 is 22.7 Å². The third-order valence-corrected chi connectivity index (χ3v) is 6.73. The number of rotatable bonds is 6. The van der Waals surface area contributed by atoms with Gasteiger partial charge in [-0.1, -0.05) is 0 Å². The minimum absolute atomic E-state index is 0.0419. The highest BCUT2D eigenvalue weighted by atomic mass is 16.3. The van der Waals surface area contributed by atoms with Crippen molar-refractivity contribution < 1.29 is 14.7 Å². The fourth-order valence-corrected chi connectivity index (χ4v) is 5.35. The number of nitrogens with one attached hydrogen (secondary N) is 1. The summed E-state index contributed by atoms with van der Waals surface area (Å²) in [6.45, 7) is 0.785. The van der Waals surface area contributed by atoms with Gasteiger partial charge in [-0.25, -0.2) is 0 Å². The van der Waals surface area contributed by atoms with Crippen LogP contribution in [0.5, 0.6) is 0 Å². The number of carbonyl (C=O) groups is 2. The summed E-state index contributed by atoms with van der Waals surface area (Å²) in [5, 5.41) is 15.3. The van der Waals surface area contributed by atoms with Crippen LogP contribution in [-0.4, -0.2) is 60.6 Å². The van der Waals surface area contributed by atoms with Gasteiger partial charge in [0.05, 0.1) is 29.4 Å². The molecular formula is C24H27N5O3. The summed E-state index contributed by atoms with van der Waals surface area (Å²) in [6, 6.07) is 7.49. The minimum atomic E-state index is -0.848. The molecule has 2 atom stereocenters. The standard InChI is InChI=1S/C24H27N5O3/c30-22(6-10-27-23(31)18-2-1-8-25-14-18)29-19-3-4-20(29)13-24(32,12-19)16-28-11-7-17-5-9-26-15-21(17)28/h1-2,5,7-9,11,14-15,19-20,32H,3-4,6,10,12-13,16H2,(H,27,31). The monoisotopic (exact) mass is 433 g/mol. The van der Waals surface area contributed by atoms with Gasteiger partial charge in [0, 0.05) is 55.2 Å². The van der Waals surface area contributed by atoms with Gasteiger partial charge in [0.15, 0.2) is 0 Å². The van der Waals surface area contributed by atoms with E-state index >= 15 is 0 Å². The molecule has 0 saturated carbocycles. The number of nitrogens with zero attached hydrogens (tertiary/aromatic N) is 4. The van der Waals surface area contributed by atoms with Gasteiger partial charge in [-0.05, 0) is 49.9 Å². The van der Waals surface area contributed by atoms with Crippen molar-refractivity contribution in [3.8, 4) is 0 Å². The molecule has 0 aliphatic carbocycles. The van der Waals surface area contributed by atoms with Gasteiger partial charge in [0.1, 0.15) is 0 Å². The maximum atomic E-state index is 12.9. The van der Waals surface area contributed by atoms with Gasteiger partial charge < -0.3 is 19.9 Å². The van der Waals surface area contributed by atoms with Crippen LogP contribution in [0.15, 0.2) is 55.2 Å². The van der Waals surface area contributed by atoms with E-state index in [4.69, 9.17) is 0 Å². The summed E-state index contributed by atoms with van der Waals surface area (Å²) in [4.78, 5) is 35.2. The summed E-state index contributed by atoms with van der Waals surface area (Å²) < 4.78 is 2.06. The highest BCUT2D eigenvalue weighted by Gasteiger charge is 2.49. The largest absolute Gasteiger partial charge is 0.388 e. The van der Waals surface area contributed by atoms with Crippen LogP contribution in [0, 0.1) is 0 Å². The third kappa shape index (κ3) is 3.98. The highest BCUT2D eigenvalue weighted by Crippen LogP contribution is 2.42. The molecule has 2 amide bonds. The van der Waals surface area contributed by atoms with Crippen LogP contribution in [0.25, 0.3) is 10.9 Å². The normalized spacial score (nSPS) is 24.6. The van der Waals surface area contributed by atoms with Crippen molar-refractivity contribution in [2.75, 3.05) is 6.54 Å². The van der Waals surface area contributed by atoms with E-state index in [9.17, 15) is 14.7 Å². The SMILES string of the molecule is O=C(NCCC(=O)N1C2CCC1CC(O)(Cn1ccc3ccncc31)C2)c1cccnc1. The second kappa shape index (κ2) is 8.35. The predicted octanol–water partition coefficient (Wildman–Crippen LogP) is 2.14. The van der Waals surface area contributed by atoms with E-state index in [-0.39, 0.29) is 36.9 Å². The van der Waals surface area contributed by atoms with Crippen molar-refractivity contribution in [3.63, 3.8) is 0 Å². The molecule has 2 unspecified atom stereocenters. The van der Waals surface area contributed by atoms with Gasteiger partial charge in [0.2, 0.25) is 5.91 Å². The average Bonchev–Trinajstić information content (AvgIpc) is 3.33. The van der Waals surface area contributed by atoms with Crippen LogP contribution in [-0.2, 0) is 11.3 Å². The lowest BCUT2D eigenvalue weighted by Gasteiger charge is -2.44. The molecule has 32 heavy (non-hydrogen) atoms. The summed E-state index contributed by atoms with van der Waals surface area (Å²) in [6.07, 6.45) is 11.9. The van der Waals surface area contributed by atoms with E-state index in [0.29, 0.717) is 24.9 Å². The van der Waals surface area contributed by atoms with Crippen LogP contribution in [0.3, 0.4) is 0 Å². The topological polar surface area (TPSA) is 100 Å². The number of aromatic nitrogens is 3. The van der Waals surface area contributed by atoms with Gasteiger partial charge >= 0.3 is 0 Å².